The van der Waals surface area contributed by atoms with Gasteiger partial charge in [-0.1, -0.05) is 56.1 Å². The second-order valence-corrected chi connectivity index (χ2v) is 6.93. The van der Waals surface area contributed by atoms with Gasteiger partial charge in [-0.2, -0.15) is 0 Å². The molecule has 1 aliphatic heterocycles. The molecule has 1 heterocycles. The van der Waals surface area contributed by atoms with Crippen molar-refractivity contribution in [3.05, 3.63) is 68.6 Å². The van der Waals surface area contributed by atoms with Gasteiger partial charge in [0.05, 0.1) is 0 Å². The summed E-state index contributed by atoms with van der Waals surface area (Å²) in [5.74, 6) is 6.23. The molecule has 0 saturated heterocycles. The van der Waals surface area contributed by atoms with Crippen LogP contribution in [0.1, 0.15) is 18.1 Å². The van der Waals surface area contributed by atoms with Crippen molar-refractivity contribution >= 4 is 43.4 Å². The summed E-state index contributed by atoms with van der Waals surface area (Å²) in [5, 5.41) is 0. The summed E-state index contributed by atoms with van der Waals surface area (Å²) in [6, 6.07) is 15.9. The molecule has 1 atom stereocenters. The van der Waals surface area contributed by atoms with Crippen molar-refractivity contribution in [2.75, 3.05) is 0 Å². The van der Waals surface area contributed by atoms with Crippen molar-refractivity contribution in [3.8, 4) is 0 Å². The Morgan fingerprint density at radius 3 is 2.00 bits per heavy atom. The number of hydrazine groups is 1. The van der Waals surface area contributed by atoms with Gasteiger partial charge in [-0.15, -0.1) is 0 Å². The molecule has 0 spiro atoms. The highest BCUT2D eigenvalue weighted by molar-refractivity contribution is 9.10. The summed E-state index contributed by atoms with van der Waals surface area (Å²) in [6.07, 6.45) is 0. The van der Waals surface area contributed by atoms with E-state index in [1.54, 1.807) is 0 Å². The maximum absolute atomic E-state index is 5.64. The summed E-state index contributed by atoms with van der Waals surface area (Å²) in [7, 11) is 0. The zero-order chi connectivity index (χ0) is 15.7. The summed E-state index contributed by atoms with van der Waals surface area (Å²) in [6.45, 7) is 1.97. The summed E-state index contributed by atoms with van der Waals surface area (Å²) in [5.41, 5.74) is 4.73. The lowest BCUT2D eigenvalue weighted by Crippen LogP contribution is -2.35. The van der Waals surface area contributed by atoms with Gasteiger partial charge in [0.2, 0.25) is 0 Å². The van der Waals surface area contributed by atoms with Gasteiger partial charge >= 0.3 is 0 Å². The maximum atomic E-state index is 5.64. The van der Waals surface area contributed by atoms with E-state index < -0.39 is 5.66 Å². The normalized spacial score (nSPS) is 20.5. The molecule has 0 amide bonds. The minimum absolute atomic E-state index is 0.591. The quantitative estimate of drug-likeness (QED) is 0.572. The first kappa shape index (κ1) is 15.4. The third-order valence-corrected chi connectivity index (χ3v) is 4.59. The van der Waals surface area contributed by atoms with Crippen LogP contribution in [-0.2, 0) is 5.66 Å². The molecule has 2 aromatic rings. The monoisotopic (exact) mass is 420 g/mol. The van der Waals surface area contributed by atoms with Gasteiger partial charge in [0.15, 0.2) is 11.5 Å². The number of halogens is 2. The molecule has 22 heavy (non-hydrogen) atoms. The Morgan fingerprint density at radius 1 is 0.909 bits per heavy atom. The zero-order valence-corrected chi connectivity index (χ0v) is 15.0. The highest BCUT2D eigenvalue weighted by Crippen LogP contribution is 2.33. The van der Waals surface area contributed by atoms with Crippen molar-refractivity contribution in [2.24, 2.45) is 15.8 Å². The zero-order valence-electron chi connectivity index (χ0n) is 11.8. The van der Waals surface area contributed by atoms with Crippen molar-refractivity contribution < 1.29 is 0 Å². The van der Waals surface area contributed by atoms with E-state index in [0.717, 1.165) is 25.8 Å². The molecule has 4 nitrogen and oxygen atoms in total. The average molecular weight is 422 g/mol. The van der Waals surface area contributed by atoms with Gasteiger partial charge in [0.25, 0.3) is 0 Å². The van der Waals surface area contributed by atoms with Crippen LogP contribution >= 0.6 is 31.9 Å². The van der Waals surface area contributed by atoms with Crippen LogP contribution < -0.4 is 11.3 Å². The number of hydrogen-bond donors (Lipinski definition) is 2. The van der Waals surface area contributed by atoms with Crippen LogP contribution in [0, 0.1) is 0 Å². The van der Waals surface area contributed by atoms with Crippen LogP contribution in [0.15, 0.2) is 67.5 Å². The van der Waals surface area contributed by atoms with Crippen LogP contribution in [0.3, 0.4) is 0 Å². The van der Waals surface area contributed by atoms with E-state index in [1.165, 1.54) is 0 Å². The molecule has 6 heteroatoms. The van der Waals surface area contributed by atoms with E-state index in [0.29, 0.717) is 5.84 Å². The molecule has 3 N–H and O–H groups in total. The molecular weight excluding hydrogens is 408 g/mol. The molecule has 0 saturated carbocycles. The van der Waals surface area contributed by atoms with Crippen LogP contribution in [0.5, 0.6) is 0 Å². The fourth-order valence-electron chi connectivity index (χ4n) is 2.37. The van der Waals surface area contributed by atoms with Gasteiger partial charge in [0.1, 0.15) is 5.71 Å². The second-order valence-electron chi connectivity index (χ2n) is 5.10. The number of nitrogens with two attached hydrogens (primary N) is 1. The van der Waals surface area contributed by atoms with Gasteiger partial charge in [-0.25, -0.2) is 15.8 Å². The van der Waals surface area contributed by atoms with Crippen molar-refractivity contribution in [2.45, 2.75) is 12.6 Å². The lowest BCUT2D eigenvalue weighted by atomic mass is 10.0. The van der Waals surface area contributed by atoms with Crippen LogP contribution in [0.25, 0.3) is 0 Å². The molecule has 0 aromatic heterocycles. The molecule has 0 radical (unpaired) electrons. The van der Waals surface area contributed by atoms with E-state index in [4.69, 9.17) is 10.8 Å². The lowest BCUT2D eigenvalue weighted by Gasteiger charge is -2.17. The first-order valence-electron chi connectivity index (χ1n) is 6.70. The number of benzene rings is 2. The fraction of sp³-hybridized carbons (Fsp3) is 0.125. The number of nitrogens with one attached hydrogen (secondary N) is 1. The highest BCUT2D eigenvalue weighted by atomic mass is 79.9. The number of rotatable bonds is 2. The number of aliphatic imine (C=N–C) groups is 2. The second kappa shape index (κ2) is 5.95. The molecule has 0 fully saturated rings. The third-order valence-electron chi connectivity index (χ3n) is 3.53. The standard InChI is InChI=1S/C16H14Br2N4/c1-16(11-4-8-13(18)9-5-11)20-14(15(21-16)22-19)10-2-6-12(17)7-3-10/h2-9H,19H2,1H3,(H,21,22). The topological polar surface area (TPSA) is 62.8 Å². The predicted octanol–water partition coefficient (Wildman–Crippen LogP) is 3.75. The minimum atomic E-state index is -0.676. The smallest absolute Gasteiger partial charge is 0.176 e. The Morgan fingerprint density at radius 2 is 1.45 bits per heavy atom. The summed E-state index contributed by atoms with van der Waals surface area (Å²) < 4.78 is 2.04. The van der Waals surface area contributed by atoms with Gasteiger partial charge in [-0.05, 0) is 31.2 Å². The summed E-state index contributed by atoms with van der Waals surface area (Å²) in [4.78, 5) is 9.48. The third kappa shape index (κ3) is 2.86. The molecule has 2 aromatic carbocycles. The molecule has 0 aliphatic carbocycles. The number of hydrogen-bond acceptors (Lipinski definition) is 4. The van der Waals surface area contributed by atoms with Crippen LogP contribution in [-0.4, -0.2) is 11.5 Å². The number of nitrogens with zero attached hydrogens (tertiary/aromatic N) is 2. The highest BCUT2D eigenvalue weighted by Gasteiger charge is 2.33. The molecule has 112 valence electrons. The minimum Gasteiger partial charge on any atom is -0.307 e. The molecular formula is C16H14Br2N4. The SMILES string of the molecule is CC1(c2ccc(Br)cc2)N=C(NN)C(c2ccc(Br)cc2)=N1. The Bertz CT molecular complexity index is 751. The van der Waals surface area contributed by atoms with E-state index in [1.807, 2.05) is 55.5 Å². The van der Waals surface area contributed by atoms with E-state index in [9.17, 15) is 0 Å². The van der Waals surface area contributed by atoms with E-state index in [2.05, 4.69) is 42.3 Å². The van der Waals surface area contributed by atoms with Gasteiger partial charge in [-0.3, -0.25) is 0 Å². The Hall–Kier alpha value is -1.50. The Balaban J connectivity index is 2.06. The predicted molar refractivity (Wildman–Crippen MR) is 96.9 cm³/mol. The molecule has 1 aliphatic rings. The van der Waals surface area contributed by atoms with Crippen LogP contribution in [0.4, 0.5) is 0 Å². The first-order chi connectivity index (χ1) is 10.5. The maximum Gasteiger partial charge on any atom is 0.176 e. The van der Waals surface area contributed by atoms with Gasteiger partial charge in [0, 0.05) is 20.1 Å². The van der Waals surface area contributed by atoms with Crippen molar-refractivity contribution in [3.63, 3.8) is 0 Å². The number of amidine groups is 1. The fourth-order valence-corrected chi connectivity index (χ4v) is 2.90. The van der Waals surface area contributed by atoms with Crippen molar-refractivity contribution in [1.29, 1.82) is 0 Å². The van der Waals surface area contributed by atoms with E-state index in [-0.39, 0.29) is 0 Å². The molecule has 1 unspecified atom stereocenters. The van der Waals surface area contributed by atoms with Crippen molar-refractivity contribution in [1.82, 2.24) is 5.43 Å². The largest absolute Gasteiger partial charge is 0.307 e. The summed E-state index contributed by atoms with van der Waals surface area (Å²) >= 11 is 6.88. The average Bonchev–Trinajstić information content (AvgIpc) is 2.87. The van der Waals surface area contributed by atoms with E-state index >= 15 is 0 Å². The Kier molecular flexibility index (Phi) is 4.16. The van der Waals surface area contributed by atoms with Gasteiger partial charge < -0.3 is 5.43 Å². The Labute approximate surface area is 145 Å². The lowest BCUT2D eigenvalue weighted by molar-refractivity contribution is 0.539. The molecule has 3 rings (SSSR count). The molecule has 0 bridgehead atoms. The van der Waals surface area contributed by atoms with Crippen LogP contribution in [0.2, 0.25) is 0 Å². The first-order valence-corrected chi connectivity index (χ1v) is 8.29.